The Bertz CT molecular complexity index is 162. The third-order valence-electron chi connectivity index (χ3n) is 3.05. The zero-order chi connectivity index (χ0) is 9.10. The number of thioether (sulfide) groups is 1. The molecule has 2 fully saturated rings. The van der Waals surface area contributed by atoms with Crippen LogP contribution in [0.5, 0.6) is 0 Å². The SMILES string of the molecule is C[C@@H]1CN(C2CCCSC2)CCN1.Cl. The molecule has 2 saturated heterocycles. The average molecular weight is 237 g/mol. The van der Waals surface area contributed by atoms with Crippen LogP contribution in [-0.2, 0) is 0 Å². The van der Waals surface area contributed by atoms with Gasteiger partial charge in [-0.25, -0.2) is 0 Å². The van der Waals surface area contributed by atoms with Crippen LogP contribution in [0.2, 0.25) is 0 Å². The van der Waals surface area contributed by atoms with Crippen LogP contribution in [0, 0.1) is 0 Å². The zero-order valence-corrected chi connectivity index (χ0v) is 10.5. The third kappa shape index (κ3) is 3.30. The second kappa shape index (κ2) is 6.21. The van der Waals surface area contributed by atoms with Crippen molar-refractivity contribution in [2.24, 2.45) is 0 Å². The lowest BCUT2D eigenvalue weighted by Crippen LogP contribution is -2.53. The summed E-state index contributed by atoms with van der Waals surface area (Å²) in [7, 11) is 0. The Hall–Kier alpha value is 0.560. The van der Waals surface area contributed by atoms with Crippen molar-refractivity contribution in [3.8, 4) is 0 Å². The van der Waals surface area contributed by atoms with Crippen LogP contribution in [0.3, 0.4) is 0 Å². The maximum Gasteiger partial charge on any atom is 0.0187 e. The molecule has 0 bridgehead atoms. The van der Waals surface area contributed by atoms with Gasteiger partial charge in [-0.15, -0.1) is 12.4 Å². The van der Waals surface area contributed by atoms with Crippen LogP contribution in [-0.4, -0.2) is 48.1 Å². The van der Waals surface area contributed by atoms with Crippen molar-refractivity contribution in [2.75, 3.05) is 31.1 Å². The summed E-state index contributed by atoms with van der Waals surface area (Å²) in [5.41, 5.74) is 0. The summed E-state index contributed by atoms with van der Waals surface area (Å²) < 4.78 is 0. The molecule has 0 aromatic carbocycles. The monoisotopic (exact) mass is 236 g/mol. The molecule has 2 heterocycles. The topological polar surface area (TPSA) is 15.3 Å². The molecule has 0 aliphatic carbocycles. The van der Waals surface area contributed by atoms with E-state index in [9.17, 15) is 0 Å². The van der Waals surface area contributed by atoms with E-state index in [0.717, 1.165) is 6.04 Å². The van der Waals surface area contributed by atoms with Crippen LogP contribution in [0.4, 0.5) is 0 Å². The fourth-order valence-electron chi connectivity index (χ4n) is 2.31. The molecule has 14 heavy (non-hydrogen) atoms. The molecule has 0 saturated carbocycles. The lowest BCUT2D eigenvalue weighted by Gasteiger charge is -2.39. The highest BCUT2D eigenvalue weighted by Gasteiger charge is 2.24. The highest BCUT2D eigenvalue weighted by atomic mass is 35.5. The molecule has 2 aliphatic rings. The number of hydrogen-bond donors (Lipinski definition) is 1. The Kier molecular flexibility index (Phi) is 5.60. The van der Waals surface area contributed by atoms with Gasteiger partial charge >= 0.3 is 0 Å². The van der Waals surface area contributed by atoms with E-state index in [1.807, 2.05) is 0 Å². The zero-order valence-electron chi connectivity index (χ0n) is 8.87. The summed E-state index contributed by atoms with van der Waals surface area (Å²) in [5.74, 6) is 2.75. The van der Waals surface area contributed by atoms with E-state index < -0.39 is 0 Å². The average Bonchev–Trinajstić information content (AvgIpc) is 2.19. The molecule has 0 aromatic rings. The van der Waals surface area contributed by atoms with Gasteiger partial charge in [-0.05, 0) is 25.5 Å². The molecule has 1 N–H and O–H groups in total. The normalized spacial score (nSPS) is 34.9. The first kappa shape index (κ1) is 12.6. The largest absolute Gasteiger partial charge is 0.312 e. The fourth-order valence-corrected chi connectivity index (χ4v) is 3.49. The molecule has 2 atom stereocenters. The summed E-state index contributed by atoms with van der Waals surface area (Å²) >= 11 is 2.14. The number of nitrogens with zero attached hydrogens (tertiary/aromatic N) is 1. The van der Waals surface area contributed by atoms with E-state index in [1.54, 1.807) is 0 Å². The molecule has 2 nitrogen and oxygen atoms in total. The number of nitrogens with one attached hydrogen (secondary N) is 1. The molecule has 0 spiro atoms. The van der Waals surface area contributed by atoms with E-state index in [4.69, 9.17) is 0 Å². The molecule has 0 radical (unpaired) electrons. The van der Waals surface area contributed by atoms with E-state index in [2.05, 4.69) is 28.9 Å². The van der Waals surface area contributed by atoms with Gasteiger partial charge < -0.3 is 5.32 Å². The molecule has 2 rings (SSSR count). The smallest absolute Gasteiger partial charge is 0.0187 e. The van der Waals surface area contributed by atoms with Crippen LogP contribution in [0.15, 0.2) is 0 Å². The number of halogens is 1. The number of rotatable bonds is 1. The lowest BCUT2D eigenvalue weighted by molar-refractivity contribution is 0.152. The summed E-state index contributed by atoms with van der Waals surface area (Å²) in [6.45, 7) is 5.99. The Morgan fingerprint density at radius 1 is 1.43 bits per heavy atom. The first-order valence-electron chi connectivity index (χ1n) is 5.41. The van der Waals surface area contributed by atoms with Gasteiger partial charge in [0.25, 0.3) is 0 Å². The predicted molar refractivity (Wildman–Crippen MR) is 66.6 cm³/mol. The van der Waals surface area contributed by atoms with Gasteiger partial charge in [0.1, 0.15) is 0 Å². The van der Waals surface area contributed by atoms with Gasteiger partial charge in [0.15, 0.2) is 0 Å². The molecule has 84 valence electrons. The molecular weight excluding hydrogens is 216 g/mol. The van der Waals surface area contributed by atoms with Crippen LogP contribution < -0.4 is 5.32 Å². The van der Waals surface area contributed by atoms with E-state index in [-0.39, 0.29) is 12.4 Å². The van der Waals surface area contributed by atoms with Gasteiger partial charge in [-0.1, -0.05) is 0 Å². The highest BCUT2D eigenvalue weighted by molar-refractivity contribution is 7.99. The van der Waals surface area contributed by atoms with Crippen LogP contribution in [0.1, 0.15) is 19.8 Å². The third-order valence-corrected chi connectivity index (χ3v) is 4.25. The maximum atomic E-state index is 3.50. The highest BCUT2D eigenvalue weighted by Crippen LogP contribution is 2.22. The lowest BCUT2D eigenvalue weighted by atomic mass is 10.1. The quantitative estimate of drug-likeness (QED) is 0.745. The van der Waals surface area contributed by atoms with Crippen molar-refractivity contribution in [1.29, 1.82) is 0 Å². The van der Waals surface area contributed by atoms with Crippen LogP contribution >= 0.6 is 24.2 Å². The minimum absolute atomic E-state index is 0. The maximum absolute atomic E-state index is 3.50. The number of piperazine rings is 1. The van der Waals surface area contributed by atoms with Crippen molar-refractivity contribution >= 4 is 24.2 Å². The second-order valence-corrected chi connectivity index (χ2v) is 5.37. The van der Waals surface area contributed by atoms with Crippen molar-refractivity contribution in [2.45, 2.75) is 31.8 Å². The van der Waals surface area contributed by atoms with Crippen molar-refractivity contribution in [1.82, 2.24) is 10.2 Å². The molecule has 1 unspecified atom stereocenters. The van der Waals surface area contributed by atoms with Gasteiger partial charge in [0.05, 0.1) is 0 Å². The van der Waals surface area contributed by atoms with Crippen molar-refractivity contribution in [3.05, 3.63) is 0 Å². The summed E-state index contributed by atoms with van der Waals surface area (Å²) in [6, 6.07) is 1.57. The fraction of sp³-hybridized carbons (Fsp3) is 1.00. The number of hydrogen-bond acceptors (Lipinski definition) is 3. The summed E-state index contributed by atoms with van der Waals surface area (Å²) in [4.78, 5) is 2.69. The van der Waals surface area contributed by atoms with Crippen molar-refractivity contribution in [3.63, 3.8) is 0 Å². The van der Waals surface area contributed by atoms with E-state index in [1.165, 1.54) is 44.0 Å². The van der Waals surface area contributed by atoms with Crippen LogP contribution in [0.25, 0.3) is 0 Å². The molecular formula is C10H21ClN2S. The van der Waals surface area contributed by atoms with E-state index in [0.29, 0.717) is 6.04 Å². The molecule has 0 amide bonds. The van der Waals surface area contributed by atoms with Gasteiger partial charge in [-0.2, -0.15) is 11.8 Å². The summed E-state index contributed by atoms with van der Waals surface area (Å²) in [5, 5.41) is 3.50. The van der Waals surface area contributed by atoms with Gasteiger partial charge in [0.2, 0.25) is 0 Å². The second-order valence-electron chi connectivity index (χ2n) is 4.22. The first-order chi connectivity index (χ1) is 6.36. The minimum Gasteiger partial charge on any atom is -0.312 e. The van der Waals surface area contributed by atoms with Gasteiger partial charge in [-0.3, -0.25) is 4.90 Å². The molecule has 0 aromatic heterocycles. The first-order valence-corrected chi connectivity index (χ1v) is 6.57. The Morgan fingerprint density at radius 3 is 2.93 bits per heavy atom. The molecule has 2 aliphatic heterocycles. The molecule has 4 heteroatoms. The van der Waals surface area contributed by atoms with Gasteiger partial charge in [0, 0.05) is 37.5 Å². The Labute approximate surface area is 97.6 Å². The minimum atomic E-state index is 0. The standard InChI is InChI=1S/C10H20N2S.ClH/c1-9-7-12(5-4-11-9)10-3-2-6-13-8-10;/h9-11H,2-8H2,1H3;1H/t9-,10?;/m1./s1. The van der Waals surface area contributed by atoms with E-state index >= 15 is 0 Å². The van der Waals surface area contributed by atoms with Crippen molar-refractivity contribution < 1.29 is 0 Å². The Balaban J connectivity index is 0.000000980. The predicted octanol–water partition coefficient (Wildman–Crippen LogP) is 1.60. The summed E-state index contributed by atoms with van der Waals surface area (Å²) in [6.07, 6.45) is 2.85. The Morgan fingerprint density at radius 2 is 2.29 bits per heavy atom.